The lowest BCUT2D eigenvalue weighted by molar-refractivity contribution is 0.307. The van der Waals surface area contributed by atoms with Gasteiger partial charge in [-0.25, -0.2) is 4.98 Å². The minimum absolute atomic E-state index is 0.458. The first kappa shape index (κ1) is 21.3. The van der Waals surface area contributed by atoms with Gasteiger partial charge < -0.3 is 24.8 Å². The number of fused-ring (bicyclic) bond motifs is 1. The number of rotatable bonds is 6. The van der Waals surface area contributed by atoms with Crippen molar-refractivity contribution in [3.63, 3.8) is 0 Å². The number of nitrogens with zero attached hydrogens (tertiary/aromatic N) is 3. The molecule has 7 nitrogen and oxygen atoms in total. The van der Waals surface area contributed by atoms with Crippen molar-refractivity contribution in [3.8, 4) is 5.75 Å². The molecule has 166 valence electrons. The van der Waals surface area contributed by atoms with Crippen LogP contribution < -0.4 is 25.6 Å². The van der Waals surface area contributed by atoms with E-state index in [4.69, 9.17) is 4.74 Å². The fourth-order valence-corrected chi connectivity index (χ4v) is 5.35. The number of halogens is 1. The molecule has 9 heteroatoms. The van der Waals surface area contributed by atoms with Gasteiger partial charge in [0, 0.05) is 29.3 Å². The maximum Gasteiger partial charge on any atom is 0.229 e. The number of ether oxygens (including phenoxy) is 1. The normalized spacial score (nSPS) is 15.7. The van der Waals surface area contributed by atoms with Crippen LogP contribution in [0, 0.1) is 0 Å². The van der Waals surface area contributed by atoms with Gasteiger partial charge >= 0.3 is 0 Å². The van der Waals surface area contributed by atoms with E-state index in [1.54, 1.807) is 19.5 Å². The second-order valence-electron chi connectivity index (χ2n) is 8.46. The Balaban J connectivity index is 1.39. The molecule has 1 aromatic heterocycles. The van der Waals surface area contributed by atoms with Crippen LogP contribution >= 0.6 is 23.1 Å². The second-order valence-corrected chi connectivity index (χ2v) is 12.5. The molecule has 3 aromatic rings. The Kier molecular flexibility index (Phi) is 5.59. The number of nitrogens with one attached hydrogen (secondary N) is 2. The highest BCUT2D eigenvalue weighted by Crippen LogP contribution is 2.41. The van der Waals surface area contributed by atoms with Crippen LogP contribution in [0.4, 0.5) is 28.8 Å². The highest BCUT2D eigenvalue weighted by atomic mass is 79.9. The minimum Gasteiger partial charge on any atom is -0.489 e. The quantitative estimate of drug-likeness (QED) is 0.431. The monoisotopic (exact) mass is 513 g/mol. The van der Waals surface area contributed by atoms with Crippen LogP contribution in [0.5, 0.6) is 5.75 Å². The van der Waals surface area contributed by atoms with E-state index in [0.29, 0.717) is 28.9 Å². The summed E-state index contributed by atoms with van der Waals surface area (Å²) in [5, 5.41) is 7.37. The molecule has 0 unspecified atom stereocenters. The number of hydrogen-bond donors (Lipinski definition) is 2. The Morgan fingerprint density at radius 1 is 1.16 bits per heavy atom. The van der Waals surface area contributed by atoms with E-state index in [1.807, 2.05) is 36.4 Å². The second kappa shape index (κ2) is 8.41. The van der Waals surface area contributed by atoms with Gasteiger partial charge in [0.2, 0.25) is 5.95 Å². The summed E-state index contributed by atoms with van der Waals surface area (Å²) in [5.74, 6) is 1.94. The summed E-state index contributed by atoms with van der Waals surface area (Å²) < 4.78 is 19.3. The van der Waals surface area contributed by atoms with Crippen molar-refractivity contribution in [2.24, 2.45) is 0 Å². The molecule has 1 saturated carbocycles. The van der Waals surface area contributed by atoms with Crippen LogP contribution in [0.15, 0.2) is 53.1 Å². The van der Waals surface area contributed by atoms with Crippen LogP contribution in [-0.2, 0) is 4.57 Å². The molecular formula is C23H25BrN5O2P. The molecular weight excluding hydrogens is 489 g/mol. The van der Waals surface area contributed by atoms with Gasteiger partial charge in [-0.1, -0.05) is 12.1 Å². The lowest BCUT2D eigenvalue weighted by atomic mass is 10.2. The molecule has 2 aromatic carbocycles. The lowest BCUT2D eigenvalue weighted by Gasteiger charge is -2.31. The Morgan fingerprint density at radius 3 is 2.75 bits per heavy atom. The zero-order chi connectivity index (χ0) is 22.3. The van der Waals surface area contributed by atoms with Gasteiger partial charge in [0.05, 0.1) is 22.4 Å². The smallest absolute Gasteiger partial charge is 0.229 e. The van der Waals surface area contributed by atoms with Crippen molar-refractivity contribution >= 4 is 57.2 Å². The number of para-hydroxylation sites is 1. The summed E-state index contributed by atoms with van der Waals surface area (Å²) >= 11 is 3.51. The molecule has 1 aliphatic carbocycles. The first-order valence-electron chi connectivity index (χ1n) is 10.6. The molecule has 0 atom stereocenters. The first-order valence-corrected chi connectivity index (χ1v) is 14.0. The fourth-order valence-electron chi connectivity index (χ4n) is 3.91. The zero-order valence-electron chi connectivity index (χ0n) is 18.0. The van der Waals surface area contributed by atoms with Crippen LogP contribution in [0.25, 0.3) is 0 Å². The Morgan fingerprint density at radius 2 is 1.97 bits per heavy atom. The van der Waals surface area contributed by atoms with E-state index in [9.17, 15) is 4.57 Å². The molecule has 5 rings (SSSR count). The molecule has 2 N–H and O–H groups in total. The van der Waals surface area contributed by atoms with Gasteiger partial charge in [-0.15, -0.1) is 0 Å². The van der Waals surface area contributed by atoms with Crippen molar-refractivity contribution in [1.82, 2.24) is 9.97 Å². The van der Waals surface area contributed by atoms with E-state index >= 15 is 0 Å². The van der Waals surface area contributed by atoms with Gasteiger partial charge in [-0.05, 0) is 66.4 Å². The highest BCUT2D eigenvalue weighted by molar-refractivity contribution is 9.10. The van der Waals surface area contributed by atoms with E-state index in [2.05, 4.69) is 47.5 Å². The van der Waals surface area contributed by atoms with E-state index < -0.39 is 7.14 Å². The van der Waals surface area contributed by atoms with Crippen LogP contribution in [0.3, 0.4) is 0 Å². The van der Waals surface area contributed by atoms with E-state index in [-0.39, 0.29) is 0 Å². The molecule has 2 aliphatic rings. The first-order chi connectivity index (χ1) is 15.4. The SMILES string of the molecule is CP(C)(=O)c1ccccc1Nc1nc(Nc2ccc3c(c2)OCCN3C2CC2)ncc1Br. The standard InChI is InChI=1S/C23H25BrN5O2P/c1-32(2,30)21-6-4-3-5-18(21)27-22-17(24)14-25-23(28-22)26-15-7-10-19-20(13-15)31-12-11-29(19)16-8-9-16/h3-7,10,13-14,16H,8-9,11-12H2,1-2H3,(H2,25,26,27,28). The maximum atomic E-state index is 12.7. The summed E-state index contributed by atoms with van der Waals surface area (Å²) in [4.78, 5) is 11.5. The summed E-state index contributed by atoms with van der Waals surface area (Å²) in [5.41, 5.74) is 2.79. The summed E-state index contributed by atoms with van der Waals surface area (Å²) in [6.45, 7) is 5.17. The average Bonchev–Trinajstić information content (AvgIpc) is 3.60. The summed E-state index contributed by atoms with van der Waals surface area (Å²) in [7, 11) is -2.45. The molecule has 2 heterocycles. The molecule has 1 fully saturated rings. The third kappa shape index (κ3) is 4.48. The Hall–Kier alpha value is -2.57. The van der Waals surface area contributed by atoms with Crippen LogP contribution in [0.2, 0.25) is 0 Å². The predicted molar refractivity (Wildman–Crippen MR) is 134 cm³/mol. The van der Waals surface area contributed by atoms with Gasteiger partial charge in [-0.3, -0.25) is 0 Å². The third-order valence-electron chi connectivity index (χ3n) is 5.58. The fraction of sp³-hybridized carbons (Fsp3) is 0.304. The molecule has 0 bridgehead atoms. The largest absolute Gasteiger partial charge is 0.489 e. The summed E-state index contributed by atoms with van der Waals surface area (Å²) in [6.07, 6.45) is 4.22. The van der Waals surface area contributed by atoms with Gasteiger partial charge in [0.15, 0.2) is 0 Å². The molecule has 1 aliphatic heterocycles. The van der Waals surface area contributed by atoms with Crippen molar-refractivity contribution in [1.29, 1.82) is 0 Å². The minimum atomic E-state index is -2.45. The van der Waals surface area contributed by atoms with E-state index in [0.717, 1.165) is 34.7 Å². The van der Waals surface area contributed by atoms with Crippen molar-refractivity contribution in [2.75, 3.05) is 42.0 Å². The maximum absolute atomic E-state index is 12.7. The van der Waals surface area contributed by atoms with Crippen LogP contribution in [0.1, 0.15) is 12.8 Å². The zero-order valence-corrected chi connectivity index (χ0v) is 20.5. The molecule has 0 saturated heterocycles. The third-order valence-corrected chi connectivity index (χ3v) is 7.71. The topological polar surface area (TPSA) is 79.4 Å². The Bertz CT molecular complexity index is 1210. The molecule has 0 spiro atoms. The van der Waals surface area contributed by atoms with Crippen molar-refractivity contribution in [2.45, 2.75) is 18.9 Å². The van der Waals surface area contributed by atoms with Gasteiger partial charge in [0.25, 0.3) is 0 Å². The number of aromatic nitrogens is 2. The van der Waals surface area contributed by atoms with Crippen molar-refractivity contribution < 1.29 is 9.30 Å². The highest BCUT2D eigenvalue weighted by Gasteiger charge is 2.32. The Labute approximate surface area is 196 Å². The predicted octanol–water partition coefficient (Wildman–Crippen LogP) is 5.34. The lowest BCUT2D eigenvalue weighted by Crippen LogP contribution is -2.34. The van der Waals surface area contributed by atoms with Gasteiger partial charge in [0.1, 0.15) is 25.3 Å². The van der Waals surface area contributed by atoms with E-state index in [1.165, 1.54) is 12.8 Å². The number of anilines is 5. The summed E-state index contributed by atoms with van der Waals surface area (Å²) in [6, 6.07) is 14.4. The van der Waals surface area contributed by atoms with Crippen molar-refractivity contribution in [3.05, 3.63) is 53.1 Å². The average molecular weight is 514 g/mol. The number of benzene rings is 2. The van der Waals surface area contributed by atoms with Crippen LogP contribution in [-0.4, -0.2) is 42.5 Å². The van der Waals surface area contributed by atoms with Gasteiger partial charge in [-0.2, -0.15) is 4.98 Å². The molecule has 0 amide bonds. The molecule has 0 radical (unpaired) electrons. The molecule has 32 heavy (non-hydrogen) atoms. The number of hydrogen-bond acceptors (Lipinski definition) is 7.